The first kappa shape index (κ1) is 14.1. The van der Waals surface area contributed by atoms with E-state index in [0.717, 1.165) is 16.8 Å². The molecule has 0 atom stereocenters. The van der Waals surface area contributed by atoms with E-state index in [2.05, 4.69) is 5.10 Å². The third-order valence-corrected chi connectivity index (χ3v) is 2.72. The lowest BCUT2D eigenvalue weighted by atomic mass is 10.2. The molecular formula is C13H11F3N2O2. The van der Waals surface area contributed by atoms with Crippen LogP contribution in [0.5, 0.6) is 0 Å². The fourth-order valence-electron chi connectivity index (χ4n) is 1.74. The topological polar surface area (TPSA) is 44.1 Å². The Morgan fingerprint density at radius 1 is 1.30 bits per heavy atom. The van der Waals surface area contributed by atoms with Gasteiger partial charge < -0.3 is 4.74 Å². The maximum absolute atomic E-state index is 13.2. The third-order valence-electron chi connectivity index (χ3n) is 2.72. The van der Waals surface area contributed by atoms with E-state index < -0.39 is 23.4 Å². The highest BCUT2D eigenvalue weighted by Crippen LogP contribution is 2.19. The van der Waals surface area contributed by atoms with E-state index in [-0.39, 0.29) is 17.9 Å². The first-order valence-corrected chi connectivity index (χ1v) is 5.82. The van der Waals surface area contributed by atoms with Gasteiger partial charge in [-0.15, -0.1) is 0 Å². The third kappa shape index (κ3) is 2.38. The Hall–Kier alpha value is -2.31. The molecule has 1 aromatic heterocycles. The van der Waals surface area contributed by atoms with Gasteiger partial charge in [0, 0.05) is 12.1 Å². The zero-order chi connectivity index (χ0) is 14.9. The molecule has 0 bridgehead atoms. The predicted octanol–water partition coefficient (Wildman–Crippen LogP) is 2.77. The Morgan fingerprint density at radius 2 is 1.90 bits per heavy atom. The summed E-state index contributed by atoms with van der Waals surface area (Å²) in [6.07, 6.45) is 1.23. The van der Waals surface area contributed by atoms with Gasteiger partial charge in [0.2, 0.25) is 0 Å². The van der Waals surface area contributed by atoms with Gasteiger partial charge in [0.25, 0.3) is 0 Å². The Morgan fingerprint density at radius 3 is 2.45 bits per heavy atom. The molecule has 2 rings (SSSR count). The summed E-state index contributed by atoms with van der Waals surface area (Å²) in [5.74, 6) is -4.79. The molecule has 0 unspecified atom stereocenters. The second kappa shape index (κ2) is 5.36. The van der Waals surface area contributed by atoms with Gasteiger partial charge in [-0.25, -0.2) is 22.6 Å². The number of carbonyl (C=O) groups excluding carboxylic acids is 1. The van der Waals surface area contributed by atoms with Crippen molar-refractivity contribution in [2.24, 2.45) is 0 Å². The quantitative estimate of drug-likeness (QED) is 0.643. The number of hydrogen-bond acceptors (Lipinski definition) is 3. The van der Waals surface area contributed by atoms with Gasteiger partial charge in [-0.3, -0.25) is 0 Å². The fourth-order valence-corrected chi connectivity index (χ4v) is 1.74. The van der Waals surface area contributed by atoms with Gasteiger partial charge in [0.15, 0.2) is 17.5 Å². The summed E-state index contributed by atoms with van der Waals surface area (Å²) in [7, 11) is 0. The number of benzene rings is 1. The van der Waals surface area contributed by atoms with Gasteiger partial charge in [-0.2, -0.15) is 5.10 Å². The number of rotatable bonds is 3. The van der Waals surface area contributed by atoms with Crippen molar-refractivity contribution in [2.75, 3.05) is 6.61 Å². The van der Waals surface area contributed by atoms with Crippen LogP contribution in [0.1, 0.15) is 23.0 Å². The van der Waals surface area contributed by atoms with Crippen molar-refractivity contribution in [1.82, 2.24) is 9.78 Å². The first-order chi connectivity index (χ1) is 9.45. The monoisotopic (exact) mass is 284 g/mol. The molecule has 0 aliphatic carbocycles. The SMILES string of the molecule is CCOC(=O)c1cnn(-c2cc(F)c(F)c(F)c2)c1C. The number of nitrogens with zero attached hydrogens (tertiary/aromatic N) is 2. The number of aromatic nitrogens is 2. The van der Waals surface area contributed by atoms with E-state index in [1.165, 1.54) is 6.20 Å². The summed E-state index contributed by atoms with van der Waals surface area (Å²) >= 11 is 0. The lowest BCUT2D eigenvalue weighted by Gasteiger charge is -2.06. The summed E-state index contributed by atoms with van der Waals surface area (Å²) in [6.45, 7) is 3.39. The molecule has 1 heterocycles. The molecule has 106 valence electrons. The lowest BCUT2D eigenvalue weighted by Crippen LogP contribution is -2.07. The fraction of sp³-hybridized carbons (Fsp3) is 0.231. The largest absolute Gasteiger partial charge is 0.462 e. The number of esters is 1. The van der Waals surface area contributed by atoms with Crippen LogP contribution in [0.4, 0.5) is 13.2 Å². The van der Waals surface area contributed by atoms with Crippen LogP contribution < -0.4 is 0 Å². The molecule has 0 saturated carbocycles. The predicted molar refractivity (Wildman–Crippen MR) is 64.1 cm³/mol. The number of ether oxygens (including phenoxy) is 1. The van der Waals surface area contributed by atoms with Crippen molar-refractivity contribution in [2.45, 2.75) is 13.8 Å². The number of hydrogen-bond donors (Lipinski definition) is 0. The van der Waals surface area contributed by atoms with E-state index in [9.17, 15) is 18.0 Å². The lowest BCUT2D eigenvalue weighted by molar-refractivity contribution is 0.0525. The molecule has 7 heteroatoms. The van der Waals surface area contributed by atoms with Crippen molar-refractivity contribution < 1.29 is 22.7 Å². The molecule has 0 amide bonds. The second-order valence-corrected chi connectivity index (χ2v) is 4.00. The molecule has 0 N–H and O–H groups in total. The van der Waals surface area contributed by atoms with Crippen molar-refractivity contribution in [3.8, 4) is 5.69 Å². The maximum Gasteiger partial charge on any atom is 0.341 e. The standard InChI is InChI=1S/C13H11F3N2O2/c1-3-20-13(19)9-6-17-18(7(9)2)8-4-10(14)12(16)11(15)5-8/h4-6H,3H2,1-2H3. The van der Waals surface area contributed by atoms with Crippen LogP contribution >= 0.6 is 0 Å². The zero-order valence-corrected chi connectivity index (χ0v) is 10.8. The van der Waals surface area contributed by atoms with Gasteiger partial charge in [0.05, 0.1) is 24.2 Å². The van der Waals surface area contributed by atoms with Gasteiger partial charge >= 0.3 is 5.97 Å². The highest BCUT2D eigenvalue weighted by Gasteiger charge is 2.18. The van der Waals surface area contributed by atoms with Crippen LogP contribution in [0.2, 0.25) is 0 Å². The number of carbonyl (C=O) groups is 1. The molecule has 0 radical (unpaired) electrons. The molecule has 0 aliphatic heterocycles. The molecule has 20 heavy (non-hydrogen) atoms. The summed E-state index contributed by atoms with van der Waals surface area (Å²) in [5.41, 5.74) is 0.500. The second-order valence-electron chi connectivity index (χ2n) is 4.00. The Balaban J connectivity index is 2.47. The first-order valence-electron chi connectivity index (χ1n) is 5.82. The van der Waals surface area contributed by atoms with Crippen LogP contribution in [0.25, 0.3) is 5.69 Å². The number of halogens is 3. The molecule has 0 spiro atoms. The van der Waals surface area contributed by atoms with Crippen LogP contribution in [0, 0.1) is 24.4 Å². The van der Waals surface area contributed by atoms with E-state index in [1.807, 2.05) is 0 Å². The minimum atomic E-state index is -1.55. The molecule has 4 nitrogen and oxygen atoms in total. The van der Waals surface area contributed by atoms with E-state index in [1.54, 1.807) is 13.8 Å². The summed E-state index contributed by atoms with van der Waals surface area (Å²) in [4.78, 5) is 11.6. The Labute approximate surface area is 112 Å². The van der Waals surface area contributed by atoms with E-state index >= 15 is 0 Å². The average Bonchev–Trinajstić information content (AvgIpc) is 2.77. The van der Waals surface area contributed by atoms with Crippen molar-refractivity contribution >= 4 is 5.97 Å². The molecule has 1 aromatic carbocycles. The minimum Gasteiger partial charge on any atom is -0.462 e. The van der Waals surface area contributed by atoms with Gasteiger partial charge in [-0.05, 0) is 13.8 Å². The molecular weight excluding hydrogens is 273 g/mol. The average molecular weight is 284 g/mol. The molecule has 2 aromatic rings. The Bertz CT molecular complexity index is 645. The minimum absolute atomic E-state index is 0.0190. The maximum atomic E-state index is 13.2. The Kier molecular flexibility index (Phi) is 3.78. The molecule has 0 fully saturated rings. The van der Waals surface area contributed by atoms with Crippen molar-refractivity contribution in [3.05, 3.63) is 47.0 Å². The summed E-state index contributed by atoms with van der Waals surface area (Å²) in [5, 5.41) is 3.86. The van der Waals surface area contributed by atoms with Crippen LogP contribution in [0.3, 0.4) is 0 Å². The van der Waals surface area contributed by atoms with E-state index in [0.29, 0.717) is 5.69 Å². The van der Waals surface area contributed by atoms with Crippen LogP contribution in [-0.4, -0.2) is 22.4 Å². The van der Waals surface area contributed by atoms with Gasteiger partial charge in [-0.1, -0.05) is 0 Å². The normalized spacial score (nSPS) is 10.7. The summed E-state index contributed by atoms with van der Waals surface area (Å²) in [6, 6.07) is 1.60. The van der Waals surface area contributed by atoms with Crippen molar-refractivity contribution in [1.29, 1.82) is 0 Å². The zero-order valence-electron chi connectivity index (χ0n) is 10.8. The van der Waals surface area contributed by atoms with Crippen molar-refractivity contribution in [3.63, 3.8) is 0 Å². The smallest absolute Gasteiger partial charge is 0.341 e. The molecule has 0 aliphatic rings. The van der Waals surface area contributed by atoms with Crippen LogP contribution in [0.15, 0.2) is 18.3 Å². The van der Waals surface area contributed by atoms with Crippen LogP contribution in [-0.2, 0) is 4.74 Å². The highest BCUT2D eigenvalue weighted by molar-refractivity contribution is 5.90. The highest BCUT2D eigenvalue weighted by atomic mass is 19.2. The van der Waals surface area contributed by atoms with E-state index in [4.69, 9.17) is 4.74 Å². The summed E-state index contributed by atoms with van der Waals surface area (Å²) < 4.78 is 45.3. The van der Waals surface area contributed by atoms with Gasteiger partial charge in [0.1, 0.15) is 5.56 Å². The molecule has 0 saturated heterocycles.